The Kier molecular flexibility index (Phi) is 3.50. The second-order valence-corrected chi connectivity index (χ2v) is 7.89. The number of benzene rings is 1. The quantitative estimate of drug-likeness (QED) is 0.422. The van der Waals surface area contributed by atoms with E-state index in [-0.39, 0.29) is 17.9 Å². The molecule has 2 aliphatic rings. The summed E-state index contributed by atoms with van der Waals surface area (Å²) in [5.74, 6) is 1.26. The van der Waals surface area contributed by atoms with E-state index in [0.717, 1.165) is 0 Å². The fourth-order valence-electron chi connectivity index (χ4n) is 4.60. The summed E-state index contributed by atoms with van der Waals surface area (Å²) in [6.45, 7) is 0.127. The molecule has 2 aliphatic heterocycles. The number of hydrogen-bond donors (Lipinski definition) is 1. The highest BCUT2D eigenvalue weighted by atomic mass is 16.7. The lowest BCUT2D eigenvalue weighted by Crippen LogP contribution is -2.33. The first-order valence-electron chi connectivity index (χ1n) is 10.4. The molecule has 6 heterocycles. The van der Waals surface area contributed by atoms with Crippen LogP contribution >= 0.6 is 0 Å². The van der Waals surface area contributed by atoms with Gasteiger partial charge < -0.3 is 14.8 Å². The first kappa shape index (κ1) is 18.0. The number of nitrogens with one attached hydrogen (secondary N) is 1. The zero-order chi connectivity index (χ0) is 22.1. The topological polar surface area (TPSA) is 99.2 Å². The standard InChI is InChI=1S/C24H15N5O4/c30-23-19-18(13-7-8-14-15(11-13)33-12-32-14)20-22(26-17-6-2-4-10-29(17)24(20)31)27-21(19)25-16-5-1-3-9-28(16)23/h1-11,18,27H,12H2. The summed E-state index contributed by atoms with van der Waals surface area (Å²) < 4.78 is 14.0. The van der Waals surface area contributed by atoms with Gasteiger partial charge in [-0.25, -0.2) is 9.97 Å². The first-order valence-corrected chi connectivity index (χ1v) is 10.4. The van der Waals surface area contributed by atoms with Crippen LogP contribution in [0.1, 0.15) is 22.6 Å². The molecule has 0 unspecified atom stereocenters. The van der Waals surface area contributed by atoms with Gasteiger partial charge in [0, 0.05) is 12.4 Å². The number of aromatic nitrogens is 4. The molecule has 160 valence electrons. The minimum atomic E-state index is -0.694. The van der Waals surface area contributed by atoms with E-state index in [1.807, 2.05) is 24.3 Å². The molecule has 0 spiro atoms. The Morgan fingerprint density at radius 1 is 0.788 bits per heavy atom. The molecule has 33 heavy (non-hydrogen) atoms. The molecule has 5 aromatic rings. The average molecular weight is 437 g/mol. The normalized spacial score (nSPS) is 14.2. The lowest BCUT2D eigenvalue weighted by molar-refractivity contribution is 0.174. The number of pyridine rings is 2. The van der Waals surface area contributed by atoms with Gasteiger partial charge in [0.2, 0.25) is 6.79 Å². The van der Waals surface area contributed by atoms with Crippen molar-refractivity contribution >= 4 is 22.9 Å². The number of anilines is 2. The molecule has 0 fully saturated rings. The molecule has 0 amide bonds. The summed E-state index contributed by atoms with van der Waals surface area (Å²) >= 11 is 0. The fourth-order valence-corrected chi connectivity index (χ4v) is 4.60. The number of ether oxygens (including phenoxy) is 2. The molecule has 1 N–H and O–H groups in total. The number of nitrogens with zero attached hydrogens (tertiary/aromatic N) is 4. The largest absolute Gasteiger partial charge is 0.454 e. The van der Waals surface area contributed by atoms with E-state index in [9.17, 15) is 9.59 Å². The molecule has 0 atom stereocenters. The lowest BCUT2D eigenvalue weighted by Gasteiger charge is -2.27. The molecule has 7 rings (SSSR count). The Morgan fingerprint density at radius 2 is 1.39 bits per heavy atom. The Hall–Kier alpha value is -4.66. The van der Waals surface area contributed by atoms with Gasteiger partial charge in [-0.3, -0.25) is 18.4 Å². The summed E-state index contributed by atoms with van der Waals surface area (Å²) in [6.07, 6.45) is 3.34. The third-order valence-electron chi connectivity index (χ3n) is 6.08. The molecule has 0 bridgehead atoms. The summed E-state index contributed by atoms with van der Waals surface area (Å²) in [7, 11) is 0. The summed E-state index contributed by atoms with van der Waals surface area (Å²) in [5, 5.41) is 3.15. The van der Waals surface area contributed by atoms with Crippen molar-refractivity contribution in [2.45, 2.75) is 5.92 Å². The SMILES string of the molecule is O=c1c2c(nc3ccccn13)Nc1nc3ccccn3c(=O)c1C2c1ccc2c(c1)OCO2. The fraction of sp³-hybridized carbons (Fsp3) is 0.0833. The van der Waals surface area contributed by atoms with Gasteiger partial charge >= 0.3 is 0 Å². The van der Waals surface area contributed by atoms with E-state index in [2.05, 4.69) is 15.3 Å². The van der Waals surface area contributed by atoms with Gasteiger partial charge in [-0.05, 0) is 42.0 Å². The third-order valence-corrected chi connectivity index (χ3v) is 6.08. The lowest BCUT2D eigenvalue weighted by atomic mass is 9.84. The smallest absolute Gasteiger partial charge is 0.264 e. The highest BCUT2D eigenvalue weighted by Crippen LogP contribution is 2.43. The predicted molar refractivity (Wildman–Crippen MR) is 120 cm³/mol. The predicted octanol–water partition coefficient (Wildman–Crippen LogP) is 2.67. The first-order chi connectivity index (χ1) is 16.2. The molecule has 0 saturated heterocycles. The Balaban J connectivity index is 1.60. The van der Waals surface area contributed by atoms with Crippen LogP contribution in [0, 0.1) is 0 Å². The molecule has 0 radical (unpaired) electrons. The molecular formula is C24H15N5O4. The zero-order valence-corrected chi connectivity index (χ0v) is 17.1. The highest BCUT2D eigenvalue weighted by Gasteiger charge is 2.36. The van der Waals surface area contributed by atoms with E-state index in [1.54, 1.807) is 42.7 Å². The average Bonchev–Trinajstić information content (AvgIpc) is 3.31. The van der Waals surface area contributed by atoms with Crippen LogP contribution in [-0.2, 0) is 0 Å². The van der Waals surface area contributed by atoms with Crippen LogP contribution in [0.25, 0.3) is 11.3 Å². The Bertz CT molecular complexity index is 1640. The van der Waals surface area contributed by atoms with Crippen molar-refractivity contribution in [1.29, 1.82) is 0 Å². The van der Waals surface area contributed by atoms with E-state index in [4.69, 9.17) is 9.47 Å². The Morgan fingerprint density at radius 3 is 2.03 bits per heavy atom. The summed E-state index contributed by atoms with van der Waals surface area (Å²) in [5.41, 5.74) is 1.95. The van der Waals surface area contributed by atoms with Gasteiger partial charge in [0.1, 0.15) is 22.9 Å². The van der Waals surface area contributed by atoms with E-state index < -0.39 is 5.92 Å². The highest BCUT2D eigenvalue weighted by molar-refractivity contribution is 5.73. The summed E-state index contributed by atoms with van der Waals surface area (Å²) in [4.78, 5) is 36.7. The molecule has 0 saturated carbocycles. The van der Waals surface area contributed by atoms with Crippen molar-refractivity contribution in [2.75, 3.05) is 12.1 Å². The van der Waals surface area contributed by atoms with Crippen molar-refractivity contribution in [3.05, 3.63) is 104 Å². The van der Waals surface area contributed by atoms with Gasteiger partial charge in [-0.1, -0.05) is 18.2 Å². The Labute approximate surface area is 185 Å². The number of rotatable bonds is 1. The van der Waals surface area contributed by atoms with Crippen molar-refractivity contribution in [2.24, 2.45) is 0 Å². The monoisotopic (exact) mass is 437 g/mol. The van der Waals surface area contributed by atoms with Gasteiger partial charge in [0.05, 0.1) is 17.0 Å². The molecule has 1 aromatic carbocycles. The van der Waals surface area contributed by atoms with Crippen molar-refractivity contribution in [3.63, 3.8) is 0 Å². The van der Waals surface area contributed by atoms with Gasteiger partial charge in [-0.2, -0.15) is 0 Å². The molecule has 0 aliphatic carbocycles. The third kappa shape index (κ3) is 2.47. The van der Waals surface area contributed by atoms with Gasteiger partial charge in [0.25, 0.3) is 11.1 Å². The maximum atomic E-state index is 13.7. The minimum absolute atomic E-state index is 0.127. The second kappa shape index (κ2) is 6.42. The van der Waals surface area contributed by atoms with E-state index in [1.165, 1.54) is 8.80 Å². The van der Waals surface area contributed by atoms with Crippen LogP contribution in [-0.4, -0.2) is 25.6 Å². The van der Waals surface area contributed by atoms with Crippen molar-refractivity contribution in [3.8, 4) is 11.5 Å². The zero-order valence-electron chi connectivity index (χ0n) is 17.1. The number of hydrogen-bond acceptors (Lipinski definition) is 7. The second-order valence-electron chi connectivity index (χ2n) is 7.89. The van der Waals surface area contributed by atoms with Crippen LogP contribution in [0.2, 0.25) is 0 Å². The molecular weight excluding hydrogens is 422 g/mol. The van der Waals surface area contributed by atoms with Crippen LogP contribution in [0.3, 0.4) is 0 Å². The van der Waals surface area contributed by atoms with E-state index in [0.29, 0.717) is 51.1 Å². The van der Waals surface area contributed by atoms with Gasteiger partial charge in [0.15, 0.2) is 11.5 Å². The van der Waals surface area contributed by atoms with Crippen molar-refractivity contribution in [1.82, 2.24) is 18.8 Å². The van der Waals surface area contributed by atoms with E-state index >= 15 is 0 Å². The van der Waals surface area contributed by atoms with Gasteiger partial charge in [-0.15, -0.1) is 0 Å². The van der Waals surface area contributed by atoms with Crippen LogP contribution in [0.4, 0.5) is 11.6 Å². The number of fused-ring (bicyclic) bond motifs is 5. The minimum Gasteiger partial charge on any atom is -0.454 e. The van der Waals surface area contributed by atoms with Crippen LogP contribution < -0.4 is 25.9 Å². The van der Waals surface area contributed by atoms with Crippen LogP contribution in [0.5, 0.6) is 11.5 Å². The maximum Gasteiger partial charge on any atom is 0.264 e. The molecule has 9 nitrogen and oxygen atoms in total. The molecule has 9 heteroatoms. The molecule has 4 aromatic heterocycles. The maximum absolute atomic E-state index is 13.7. The summed E-state index contributed by atoms with van der Waals surface area (Å²) in [6, 6.07) is 16.1. The van der Waals surface area contributed by atoms with Crippen molar-refractivity contribution < 1.29 is 9.47 Å². The van der Waals surface area contributed by atoms with Crippen LogP contribution in [0.15, 0.2) is 76.6 Å².